The van der Waals surface area contributed by atoms with Gasteiger partial charge < -0.3 is 20.1 Å². The Labute approximate surface area is 142 Å². The SMILES string of the molecule is COCCNC(=O)CNC(=O)C[C@H]1CCCc2cc(OC)ccc21. The quantitative estimate of drug-likeness (QED) is 0.704. The fourth-order valence-corrected chi connectivity index (χ4v) is 3.06. The molecule has 0 saturated carbocycles. The Balaban J connectivity index is 1.84. The monoisotopic (exact) mass is 334 g/mol. The van der Waals surface area contributed by atoms with Crippen molar-refractivity contribution in [3.63, 3.8) is 0 Å². The number of rotatable bonds is 8. The molecular weight excluding hydrogens is 308 g/mol. The van der Waals surface area contributed by atoms with Gasteiger partial charge in [-0.2, -0.15) is 0 Å². The summed E-state index contributed by atoms with van der Waals surface area (Å²) in [7, 11) is 3.23. The van der Waals surface area contributed by atoms with Crippen LogP contribution in [0.1, 0.15) is 36.3 Å². The molecule has 0 heterocycles. The fraction of sp³-hybridized carbons (Fsp3) is 0.556. The lowest BCUT2D eigenvalue weighted by molar-refractivity contribution is -0.126. The Kier molecular flexibility index (Phi) is 7.06. The topological polar surface area (TPSA) is 76.7 Å². The van der Waals surface area contributed by atoms with Gasteiger partial charge in [0.15, 0.2) is 0 Å². The van der Waals surface area contributed by atoms with Crippen LogP contribution in [0, 0.1) is 0 Å². The minimum Gasteiger partial charge on any atom is -0.497 e. The van der Waals surface area contributed by atoms with Crippen molar-refractivity contribution in [3.8, 4) is 5.75 Å². The summed E-state index contributed by atoms with van der Waals surface area (Å²) in [5.41, 5.74) is 2.48. The molecule has 0 bridgehead atoms. The average molecular weight is 334 g/mol. The summed E-state index contributed by atoms with van der Waals surface area (Å²) in [4.78, 5) is 23.7. The largest absolute Gasteiger partial charge is 0.497 e. The summed E-state index contributed by atoms with van der Waals surface area (Å²) in [6.07, 6.45) is 3.49. The van der Waals surface area contributed by atoms with Crippen molar-refractivity contribution in [1.82, 2.24) is 10.6 Å². The van der Waals surface area contributed by atoms with E-state index in [4.69, 9.17) is 9.47 Å². The highest BCUT2D eigenvalue weighted by Gasteiger charge is 2.23. The highest BCUT2D eigenvalue weighted by Crippen LogP contribution is 2.35. The summed E-state index contributed by atoms with van der Waals surface area (Å²) >= 11 is 0. The number of ether oxygens (including phenoxy) is 2. The maximum absolute atomic E-state index is 12.1. The third-order valence-corrected chi connectivity index (χ3v) is 4.29. The average Bonchev–Trinajstić information content (AvgIpc) is 2.60. The lowest BCUT2D eigenvalue weighted by Gasteiger charge is -2.25. The van der Waals surface area contributed by atoms with Crippen LogP contribution in [0.5, 0.6) is 5.75 Å². The molecule has 0 aromatic heterocycles. The molecule has 1 aliphatic rings. The zero-order valence-corrected chi connectivity index (χ0v) is 14.4. The van der Waals surface area contributed by atoms with Gasteiger partial charge in [0.25, 0.3) is 0 Å². The molecule has 0 fully saturated rings. The molecule has 0 spiro atoms. The van der Waals surface area contributed by atoms with Crippen molar-refractivity contribution in [2.24, 2.45) is 0 Å². The van der Waals surface area contributed by atoms with Crippen molar-refractivity contribution in [1.29, 1.82) is 0 Å². The number of benzene rings is 1. The van der Waals surface area contributed by atoms with Crippen LogP contribution in [0.15, 0.2) is 18.2 Å². The van der Waals surface area contributed by atoms with Crippen LogP contribution in [0.4, 0.5) is 0 Å². The summed E-state index contributed by atoms with van der Waals surface area (Å²) in [6.45, 7) is 0.912. The molecule has 0 unspecified atom stereocenters. The van der Waals surface area contributed by atoms with E-state index in [0.29, 0.717) is 19.6 Å². The first kappa shape index (κ1) is 18.3. The van der Waals surface area contributed by atoms with E-state index in [1.165, 1.54) is 11.1 Å². The van der Waals surface area contributed by atoms with Crippen molar-refractivity contribution >= 4 is 11.8 Å². The summed E-state index contributed by atoms with van der Waals surface area (Å²) in [5.74, 6) is 0.766. The van der Waals surface area contributed by atoms with E-state index in [1.54, 1.807) is 14.2 Å². The summed E-state index contributed by atoms with van der Waals surface area (Å²) < 4.78 is 10.1. The maximum atomic E-state index is 12.1. The summed E-state index contributed by atoms with van der Waals surface area (Å²) in [6, 6.07) is 6.06. The Morgan fingerprint density at radius 3 is 2.79 bits per heavy atom. The third kappa shape index (κ3) is 5.23. The molecule has 0 aliphatic heterocycles. The van der Waals surface area contributed by atoms with E-state index in [1.807, 2.05) is 6.07 Å². The number of carbonyl (C=O) groups is 2. The van der Waals surface area contributed by atoms with E-state index in [-0.39, 0.29) is 24.3 Å². The van der Waals surface area contributed by atoms with Gasteiger partial charge in [0, 0.05) is 20.1 Å². The van der Waals surface area contributed by atoms with Crippen LogP contribution in [-0.4, -0.2) is 45.7 Å². The molecule has 1 atom stereocenters. The van der Waals surface area contributed by atoms with Crippen LogP contribution in [0.25, 0.3) is 0 Å². The van der Waals surface area contributed by atoms with Crippen molar-refractivity contribution in [2.45, 2.75) is 31.6 Å². The molecule has 2 rings (SSSR count). The van der Waals surface area contributed by atoms with Gasteiger partial charge >= 0.3 is 0 Å². The van der Waals surface area contributed by atoms with Gasteiger partial charge in [-0.05, 0) is 48.4 Å². The molecule has 0 radical (unpaired) electrons. The predicted molar refractivity (Wildman–Crippen MR) is 91.2 cm³/mol. The second kappa shape index (κ2) is 9.27. The fourth-order valence-electron chi connectivity index (χ4n) is 3.06. The smallest absolute Gasteiger partial charge is 0.239 e. The van der Waals surface area contributed by atoms with Crippen LogP contribution in [0.2, 0.25) is 0 Å². The maximum Gasteiger partial charge on any atom is 0.239 e. The number of fused-ring (bicyclic) bond motifs is 1. The molecule has 2 amide bonds. The van der Waals surface area contributed by atoms with Gasteiger partial charge in [-0.3, -0.25) is 9.59 Å². The summed E-state index contributed by atoms with van der Waals surface area (Å²) in [5, 5.41) is 5.37. The molecule has 1 aromatic rings. The van der Waals surface area contributed by atoms with Crippen LogP contribution < -0.4 is 15.4 Å². The second-order valence-corrected chi connectivity index (χ2v) is 5.98. The van der Waals surface area contributed by atoms with Gasteiger partial charge in [0.1, 0.15) is 5.75 Å². The van der Waals surface area contributed by atoms with Crippen LogP contribution in [-0.2, 0) is 20.7 Å². The van der Waals surface area contributed by atoms with E-state index < -0.39 is 0 Å². The molecule has 0 saturated heterocycles. The van der Waals surface area contributed by atoms with Crippen molar-refractivity contribution in [2.75, 3.05) is 33.9 Å². The predicted octanol–water partition coefficient (Wildman–Crippen LogP) is 1.38. The first-order chi connectivity index (χ1) is 11.6. The first-order valence-electron chi connectivity index (χ1n) is 8.33. The Morgan fingerprint density at radius 2 is 2.04 bits per heavy atom. The lowest BCUT2D eigenvalue weighted by atomic mass is 9.81. The molecule has 1 aromatic carbocycles. The number of hydrogen-bond donors (Lipinski definition) is 2. The molecule has 6 nitrogen and oxygen atoms in total. The van der Waals surface area contributed by atoms with E-state index in [2.05, 4.69) is 22.8 Å². The van der Waals surface area contributed by atoms with Crippen LogP contribution >= 0.6 is 0 Å². The minimum absolute atomic E-state index is 0.00470. The van der Waals surface area contributed by atoms with Gasteiger partial charge in [0.05, 0.1) is 20.3 Å². The third-order valence-electron chi connectivity index (χ3n) is 4.29. The number of nitrogens with one attached hydrogen (secondary N) is 2. The standard InChI is InChI=1S/C18H26N2O4/c1-23-9-8-19-18(22)12-20-17(21)11-14-5-3-4-13-10-15(24-2)6-7-16(13)14/h6-7,10,14H,3-5,8-9,11-12H2,1-2H3,(H,19,22)(H,20,21)/t14-/m1/s1. The number of carbonyl (C=O) groups excluding carboxylic acids is 2. The zero-order valence-electron chi connectivity index (χ0n) is 14.4. The molecule has 24 heavy (non-hydrogen) atoms. The van der Waals surface area contributed by atoms with Gasteiger partial charge in [0.2, 0.25) is 11.8 Å². The number of hydrogen-bond acceptors (Lipinski definition) is 4. The normalized spacial score (nSPS) is 16.2. The van der Waals surface area contributed by atoms with Gasteiger partial charge in [-0.15, -0.1) is 0 Å². The van der Waals surface area contributed by atoms with Gasteiger partial charge in [-0.25, -0.2) is 0 Å². The molecule has 6 heteroatoms. The Morgan fingerprint density at radius 1 is 1.21 bits per heavy atom. The van der Waals surface area contributed by atoms with E-state index >= 15 is 0 Å². The molecule has 1 aliphatic carbocycles. The number of aryl methyl sites for hydroxylation is 1. The number of amides is 2. The Bertz CT molecular complexity index is 574. The minimum atomic E-state index is -0.200. The lowest BCUT2D eigenvalue weighted by Crippen LogP contribution is -2.38. The van der Waals surface area contributed by atoms with E-state index in [9.17, 15) is 9.59 Å². The van der Waals surface area contributed by atoms with Crippen LogP contribution in [0.3, 0.4) is 0 Å². The number of methoxy groups -OCH3 is 2. The van der Waals surface area contributed by atoms with Crippen molar-refractivity contribution in [3.05, 3.63) is 29.3 Å². The first-order valence-corrected chi connectivity index (χ1v) is 8.33. The zero-order chi connectivity index (χ0) is 17.4. The Hall–Kier alpha value is -2.08. The molecule has 132 valence electrons. The highest BCUT2D eigenvalue weighted by molar-refractivity contribution is 5.85. The van der Waals surface area contributed by atoms with E-state index in [0.717, 1.165) is 25.0 Å². The molecule has 2 N–H and O–H groups in total. The van der Waals surface area contributed by atoms with Crippen molar-refractivity contribution < 1.29 is 19.1 Å². The highest BCUT2D eigenvalue weighted by atomic mass is 16.5. The molecular formula is C18H26N2O4. The second-order valence-electron chi connectivity index (χ2n) is 5.98. The van der Waals surface area contributed by atoms with Gasteiger partial charge in [-0.1, -0.05) is 6.07 Å².